The number of hydrogen-bond donors (Lipinski definition) is 1. The van der Waals surface area contributed by atoms with Gasteiger partial charge in [0.25, 0.3) is 0 Å². The van der Waals surface area contributed by atoms with Crippen molar-refractivity contribution in [2.45, 2.75) is 58.3 Å². The first-order valence-corrected chi connectivity index (χ1v) is 10.6. The van der Waals surface area contributed by atoms with Crippen molar-refractivity contribution in [3.05, 3.63) is 64.7 Å². The van der Waals surface area contributed by atoms with E-state index in [1.54, 1.807) is 19.2 Å². The lowest BCUT2D eigenvalue weighted by Gasteiger charge is -2.42. The Hall–Kier alpha value is -2.81. The van der Waals surface area contributed by atoms with Crippen LogP contribution in [0.4, 0.5) is 0 Å². The largest absolute Gasteiger partial charge is 0.496 e. The lowest BCUT2D eigenvalue weighted by Crippen LogP contribution is -2.34. The van der Waals surface area contributed by atoms with E-state index in [1.165, 1.54) is 23.1 Å². The third-order valence-corrected chi connectivity index (χ3v) is 6.92. The van der Waals surface area contributed by atoms with Gasteiger partial charge in [0.05, 0.1) is 12.7 Å². The number of rotatable bonds is 3. The molecule has 0 amide bonds. The monoisotopic (exact) mass is 402 g/mol. The molecule has 3 heteroatoms. The minimum Gasteiger partial charge on any atom is -0.496 e. The third kappa shape index (κ3) is 3.17. The van der Waals surface area contributed by atoms with Crippen molar-refractivity contribution in [2.75, 3.05) is 7.11 Å². The molecule has 1 N–H and O–H groups in total. The first-order chi connectivity index (χ1) is 14.0. The first kappa shape index (κ1) is 20.5. The topological polar surface area (TPSA) is 46.5 Å². The quantitative estimate of drug-likeness (QED) is 0.520. The lowest BCUT2D eigenvalue weighted by atomic mass is 9.62. The molecule has 0 aromatic heterocycles. The fraction of sp³-hybridized carbons (Fsp3) is 0.370. The van der Waals surface area contributed by atoms with Gasteiger partial charge in [-0.2, -0.15) is 0 Å². The Balaban J connectivity index is 2.04. The predicted molar refractivity (Wildman–Crippen MR) is 123 cm³/mol. The van der Waals surface area contributed by atoms with Crippen LogP contribution in [0.5, 0.6) is 5.75 Å². The Morgan fingerprint density at radius 1 is 0.933 bits per heavy atom. The first-order valence-electron chi connectivity index (χ1n) is 10.6. The Kier molecular flexibility index (Phi) is 4.68. The molecule has 0 fully saturated rings. The Morgan fingerprint density at radius 3 is 2.17 bits per heavy atom. The van der Waals surface area contributed by atoms with Gasteiger partial charge in [-0.1, -0.05) is 45.9 Å². The normalized spacial score (nSPS) is 16.9. The van der Waals surface area contributed by atoms with E-state index in [0.29, 0.717) is 5.56 Å². The van der Waals surface area contributed by atoms with Gasteiger partial charge >= 0.3 is 5.97 Å². The highest BCUT2D eigenvalue weighted by atomic mass is 16.5. The molecule has 4 rings (SSSR count). The summed E-state index contributed by atoms with van der Waals surface area (Å²) in [6.07, 6.45) is 2.34. The molecule has 0 radical (unpaired) electrons. The summed E-state index contributed by atoms with van der Waals surface area (Å²) in [6, 6.07) is 13.9. The maximum Gasteiger partial charge on any atom is 0.335 e. The van der Waals surface area contributed by atoms with E-state index < -0.39 is 5.97 Å². The maximum atomic E-state index is 11.4. The van der Waals surface area contributed by atoms with Gasteiger partial charge in [0.1, 0.15) is 5.75 Å². The predicted octanol–water partition coefficient (Wildman–Crippen LogP) is 6.87. The molecule has 30 heavy (non-hydrogen) atoms. The zero-order valence-corrected chi connectivity index (χ0v) is 18.7. The van der Waals surface area contributed by atoms with E-state index in [2.05, 4.69) is 46.8 Å². The molecule has 0 heterocycles. The van der Waals surface area contributed by atoms with Crippen molar-refractivity contribution in [1.82, 2.24) is 0 Å². The molecule has 3 nitrogen and oxygen atoms in total. The molecule has 1 aliphatic rings. The van der Waals surface area contributed by atoms with Gasteiger partial charge in [-0.25, -0.2) is 4.79 Å². The Bertz CT molecular complexity index is 1170. The molecule has 0 unspecified atom stereocenters. The molecule has 0 bridgehead atoms. The number of aromatic carboxylic acids is 1. The fourth-order valence-electron chi connectivity index (χ4n) is 4.88. The minimum atomic E-state index is -0.914. The van der Waals surface area contributed by atoms with Gasteiger partial charge in [0.15, 0.2) is 0 Å². The van der Waals surface area contributed by atoms with Gasteiger partial charge in [0.2, 0.25) is 0 Å². The Labute approximate surface area is 178 Å². The van der Waals surface area contributed by atoms with Gasteiger partial charge < -0.3 is 9.84 Å². The van der Waals surface area contributed by atoms with Crippen LogP contribution >= 0.6 is 0 Å². The molecule has 0 atom stereocenters. The molecule has 0 spiro atoms. The van der Waals surface area contributed by atoms with E-state index in [0.717, 1.165) is 34.1 Å². The number of carboxylic acids is 1. The highest BCUT2D eigenvalue weighted by Gasteiger charge is 2.37. The van der Waals surface area contributed by atoms with Crippen LogP contribution in [0.25, 0.3) is 21.9 Å². The average molecular weight is 403 g/mol. The van der Waals surface area contributed by atoms with E-state index >= 15 is 0 Å². The zero-order valence-electron chi connectivity index (χ0n) is 18.7. The van der Waals surface area contributed by atoms with Crippen LogP contribution in [-0.4, -0.2) is 18.2 Å². The highest BCUT2D eigenvalue weighted by Crippen LogP contribution is 2.49. The van der Waals surface area contributed by atoms with Gasteiger partial charge in [0, 0.05) is 5.56 Å². The molecular formula is C27H30O3. The van der Waals surface area contributed by atoms with Crippen LogP contribution < -0.4 is 4.74 Å². The van der Waals surface area contributed by atoms with Crippen molar-refractivity contribution >= 4 is 16.7 Å². The van der Waals surface area contributed by atoms with Gasteiger partial charge in [-0.05, 0) is 87.9 Å². The lowest BCUT2D eigenvalue weighted by molar-refractivity contribution is 0.0697. The smallest absolute Gasteiger partial charge is 0.335 e. The maximum absolute atomic E-state index is 11.4. The minimum absolute atomic E-state index is 0.113. The van der Waals surface area contributed by atoms with Crippen LogP contribution in [0.15, 0.2) is 42.5 Å². The van der Waals surface area contributed by atoms with Gasteiger partial charge in [-0.15, -0.1) is 0 Å². The Morgan fingerprint density at radius 2 is 1.57 bits per heavy atom. The van der Waals surface area contributed by atoms with Gasteiger partial charge in [-0.3, -0.25) is 0 Å². The number of ether oxygens (including phenoxy) is 1. The van der Waals surface area contributed by atoms with Crippen LogP contribution in [0.1, 0.15) is 67.6 Å². The highest BCUT2D eigenvalue weighted by molar-refractivity contribution is 6.03. The fourth-order valence-corrected chi connectivity index (χ4v) is 4.88. The summed E-state index contributed by atoms with van der Waals surface area (Å²) in [7, 11) is 1.69. The summed E-state index contributed by atoms with van der Waals surface area (Å²) in [6.45, 7) is 11.5. The molecule has 156 valence electrons. The van der Waals surface area contributed by atoms with E-state index in [9.17, 15) is 9.90 Å². The van der Waals surface area contributed by atoms with Crippen LogP contribution in [0, 0.1) is 6.92 Å². The number of aryl methyl sites for hydroxylation is 1. The second-order valence-electron chi connectivity index (χ2n) is 9.86. The summed E-state index contributed by atoms with van der Waals surface area (Å²) in [5.74, 6) is -0.107. The van der Waals surface area contributed by atoms with E-state index in [4.69, 9.17) is 4.74 Å². The standard InChI is InChI=1S/C27H30O3/c1-16-13-21-22(27(4,5)12-11-26(21,2)3)15-20(16)24-19-9-7-18(25(28)29)14-17(19)8-10-23(24)30-6/h7-10,13-15H,11-12H2,1-6H3,(H,28,29). The van der Waals surface area contributed by atoms with Crippen molar-refractivity contribution in [3.63, 3.8) is 0 Å². The molecule has 0 saturated heterocycles. The molecule has 0 aliphatic heterocycles. The number of methoxy groups -OCH3 is 1. The van der Waals surface area contributed by atoms with Crippen molar-refractivity contribution in [3.8, 4) is 16.9 Å². The average Bonchev–Trinajstić information content (AvgIpc) is 2.70. The van der Waals surface area contributed by atoms with E-state index in [1.807, 2.05) is 18.2 Å². The van der Waals surface area contributed by atoms with E-state index in [-0.39, 0.29) is 10.8 Å². The molecule has 0 saturated carbocycles. The number of benzene rings is 3. The van der Waals surface area contributed by atoms with Crippen molar-refractivity contribution < 1.29 is 14.6 Å². The van der Waals surface area contributed by atoms with Crippen molar-refractivity contribution in [1.29, 1.82) is 0 Å². The SMILES string of the molecule is COc1ccc2cc(C(=O)O)ccc2c1-c1cc2c(cc1C)C(C)(C)CCC2(C)C. The summed E-state index contributed by atoms with van der Waals surface area (Å²) in [4.78, 5) is 11.4. The van der Waals surface area contributed by atoms with Crippen molar-refractivity contribution in [2.24, 2.45) is 0 Å². The summed E-state index contributed by atoms with van der Waals surface area (Å²) >= 11 is 0. The summed E-state index contributed by atoms with van der Waals surface area (Å²) in [5.41, 5.74) is 6.82. The number of carbonyl (C=O) groups is 1. The molecule has 1 aliphatic carbocycles. The molecular weight excluding hydrogens is 372 g/mol. The summed E-state index contributed by atoms with van der Waals surface area (Å²) in [5, 5.41) is 11.3. The second-order valence-corrected chi connectivity index (χ2v) is 9.86. The number of fused-ring (bicyclic) bond motifs is 2. The number of carboxylic acid groups (broad SMARTS) is 1. The third-order valence-electron chi connectivity index (χ3n) is 6.92. The molecule has 3 aromatic carbocycles. The number of hydrogen-bond acceptors (Lipinski definition) is 2. The van der Waals surface area contributed by atoms with Crippen LogP contribution in [0.3, 0.4) is 0 Å². The van der Waals surface area contributed by atoms with Crippen LogP contribution in [0.2, 0.25) is 0 Å². The van der Waals surface area contributed by atoms with Crippen LogP contribution in [-0.2, 0) is 10.8 Å². The summed E-state index contributed by atoms with van der Waals surface area (Å²) < 4.78 is 5.76. The zero-order chi connectivity index (χ0) is 21.8. The molecule has 3 aromatic rings. The second kappa shape index (κ2) is 6.87.